The molecule has 2 aromatic carbocycles. The molecule has 0 saturated heterocycles. The van der Waals surface area contributed by atoms with Crippen LogP contribution in [0.1, 0.15) is 16.7 Å². The molecular weight excluding hydrogens is 275 g/mol. The summed E-state index contributed by atoms with van der Waals surface area (Å²) in [5.41, 5.74) is 2.30. The van der Waals surface area contributed by atoms with Gasteiger partial charge in [-0.1, -0.05) is 12.1 Å². The Kier molecular flexibility index (Phi) is 4.07. The summed E-state index contributed by atoms with van der Waals surface area (Å²) in [6.07, 6.45) is 0. The summed E-state index contributed by atoms with van der Waals surface area (Å²) in [6, 6.07) is 7.08. The Morgan fingerprint density at radius 2 is 1.86 bits per heavy atom. The van der Waals surface area contributed by atoms with Gasteiger partial charge in [-0.2, -0.15) is 0 Å². The van der Waals surface area contributed by atoms with Gasteiger partial charge in [0.25, 0.3) is 5.69 Å². The quantitative estimate of drug-likeness (QED) is 0.665. The lowest BCUT2D eigenvalue weighted by Crippen LogP contribution is -2.03. The Morgan fingerprint density at radius 3 is 2.38 bits per heavy atom. The van der Waals surface area contributed by atoms with Crippen LogP contribution in [-0.4, -0.2) is 10.0 Å². The van der Waals surface area contributed by atoms with Gasteiger partial charge in [0.05, 0.1) is 16.7 Å². The van der Waals surface area contributed by atoms with E-state index in [9.17, 15) is 19.6 Å². The van der Waals surface area contributed by atoms with Crippen molar-refractivity contribution in [1.82, 2.24) is 0 Å². The summed E-state index contributed by atoms with van der Waals surface area (Å²) < 4.78 is 13.7. The first-order valence-corrected chi connectivity index (χ1v) is 6.35. The van der Waals surface area contributed by atoms with Crippen LogP contribution < -0.4 is 5.32 Å². The Morgan fingerprint density at radius 1 is 1.24 bits per heavy atom. The second-order valence-corrected chi connectivity index (χ2v) is 4.85. The van der Waals surface area contributed by atoms with Crippen molar-refractivity contribution < 1.29 is 14.4 Å². The Hall–Kier alpha value is -2.63. The third-order valence-corrected chi connectivity index (χ3v) is 3.20. The zero-order valence-corrected chi connectivity index (χ0v) is 11.7. The molecule has 6 heteroatoms. The van der Waals surface area contributed by atoms with E-state index in [0.29, 0.717) is 6.54 Å². The fourth-order valence-electron chi connectivity index (χ4n) is 2.11. The largest absolute Gasteiger partial charge is 0.507 e. The van der Waals surface area contributed by atoms with Gasteiger partial charge in [0.1, 0.15) is 5.75 Å². The molecule has 2 N–H and O–H groups in total. The van der Waals surface area contributed by atoms with Crippen molar-refractivity contribution >= 4 is 11.4 Å². The summed E-state index contributed by atoms with van der Waals surface area (Å²) in [7, 11) is 0. The number of nitro benzene ring substituents is 1. The number of phenols is 1. The number of non-ortho nitro benzene ring substituents is 1. The van der Waals surface area contributed by atoms with Crippen molar-refractivity contribution in [2.24, 2.45) is 0 Å². The number of halogens is 1. The normalized spacial score (nSPS) is 10.4. The molecule has 2 rings (SSSR count). The van der Waals surface area contributed by atoms with Gasteiger partial charge < -0.3 is 10.4 Å². The standard InChI is InChI=1S/C15H15FN2O3/c1-9-5-11(6-10(2)15(9)19)8-17-14-4-3-12(18(20)21)7-13(14)16/h3-7,17,19H,8H2,1-2H3. The molecule has 0 unspecified atom stereocenters. The van der Waals surface area contributed by atoms with Crippen LogP contribution in [0.4, 0.5) is 15.8 Å². The Balaban J connectivity index is 2.15. The van der Waals surface area contributed by atoms with Crippen LogP contribution in [0.2, 0.25) is 0 Å². The van der Waals surface area contributed by atoms with E-state index in [1.54, 1.807) is 26.0 Å². The molecular formula is C15H15FN2O3. The molecule has 0 amide bonds. The minimum Gasteiger partial charge on any atom is -0.507 e. The molecule has 2 aromatic rings. The highest BCUT2D eigenvalue weighted by molar-refractivity contribution is 5.51. The lowest BCUT2D eigenvalue weighted by Gasteiger charge is -2.10. The molecule has 0 aliphatic heterocycles. The van der Waals surface area contributed by atoms with Crippen LogP contribution in [-0.2, 0) is 6.54 Å². The smallest absolute Gasteiger partial charge is 0.272 e. The third kappa shape index (κ3) is 3.28. The number of anilines is 1. The van der Waals surface area contributed by atoms with E-state index in [-0.39, 0.29) is 17.1 Å². The first-order chi connectivity index (χ1) is 9.88. The van der Waals surface area contributed by atoms with Crippen LogP contribution in [0.3, 0.4) is 0 Å². The summed E-state index contributed by atoms with van der Waals surface area (Å²) in [6.45, 7) is 3.94. The molecule has 0 heterocycles. The van der Waals surface area contributed by atoms with Gasteiger partial charge in [-0.3, -0.25) is 10.1 Å². The van der Waals surface area contributed by atoms with E-state index in [0.717, 1.165) is 22.8 Å². The molecule has 21 heavy (non-hydrogen) atoms. The summed E-state index contributed by atoms with van der Waals surface area (Å²) >= 11 is 0. The molecule has 110 valence electrons. The highest BCUT2D eigenvalue weighted by Crippen LogP contribution is 2.24. The molecule has 5 nitrogen and oxygen atoms in total. The van der Waals surface area contributed by atoms with Gasteiger partial charge in [-0.25, -0.2) is 4.39 Å². The summed E-state index contributed by atoms with van der Waals surface area (Å²) in [5, 5.41) is 23.1. The Labute approximate surface area is 121 Å². The molecule has 0 bridgehead atoms. The number of nitrogens with zero attached hydrogens (tertiary/aromatic N) is 1. The average Bonchev–Trinajstić information content (AvgIpc) is 2.43. The maximum absolute atomic E-state index is 13.7. The van der Waals surface area contributed by atoms with Gasteiger partial charge in [-0.05, 0) is 36.6 Å². The minimum absolute atomic E-state index is 0.198. The van der Waals surface area contributed by atoms with Gasteiger partial charge in [-0.15, -0.1) is 0 Å². The van der Waals surface area contributed by atoms with Gasteiger partial charge >= 0.3 is 0 Å². The van der Waals surface area contributed by atoms with Crippen molar-refractivity contribution in [3.8, 4) is 5.75 Å². The van der Waals surface area contributed by atoms with Crippen molar-refractivity contribution in [2.75, 3.05) is 5.32 Å². The van der Waals surface area contributed by atoms with E-state index in [2.05, 4.69) is 5.32 Å². The predicted octanol–water partition coefficient (Wildman–Crippen LogP) is 3.67. The number of nitro groups is 1. The first-order valence-electron chi connectivity index (χ1n) is 6.35. The van der Waals surface area contributed by atoms with Crippen molar-refractivity contribution in [3.05, 3.63) is 63.0 Å². The van der Waals surface area contributed by atoms with E-state index in [1.807, 2.05) is 0 Å². The third-order valence-electron chi connectivity index (χ3n) is 3.20. The molecule has 0 atom stereocenters. The minimum atomic E-state index is -0.670. The maximum Gasteiger partial charge on any atom is 0.272 e. The van der Waals surface area contributed by atoms with Crippen molar-refractivity contribution in [1.29, 1.82) is 0 Å². The monoisotopic (exact) mass is 290 g/mol. The SMILES string of the molecule is Cc1cc(CNc2ccc([N+](=O)[O-])cc2F)cc(C)c1O. The number of aromatic hydroxyl groups is 1. The van der Waals surface area contributed by atoms with E-state index in [1.165, 1.54) is 12.1 Å². The van der Waals surface area contributed by atoms with E-state index >= 15 is 0 Å². The Bertz CT molecular complexity index is 678. The number of nitrogens with one attached hydrogen (secondary N) is 1. The fourth-order valence-corrected chi connectivity index (χ4v) is 2.11. The van der Waals surface area contributed by atoms with E-state index < -0.39 is 10.7 Å². The predicted molar refractivity (Wildman–Crippen MR) is 78.0 cm³/mol. The molecule has 0 aliphatic carbocycles. The number of hydrogen-bond donors (Lipinski definition) is 2. The molecule has 0 saturated carbocycles. The number of phenolic OH excluding ortho intramolecular Hbond substituents is 1. The highest BCUT2D eigenvalue weighted by atomic mass is 19.1. The zero-order valence-electron chi connectivity index (χ0n) is 11.7. The summed E-state index contributed by atoms with van der Waals surface area (Å²) in [5.74, 6) is -0.420. The van der Waals surface area contributed by atoms with Gasteiger partial charge in [0.2, 0.25) is 0 Å². The van der Waals surface area contributed by atoms with Crippen LogP contribution in [0.15, 0.2) is 30.3 Å². The number of rotatable bonds is 4. The number of hydrogen-bond acceptors (Lipinski definition) is 4. The molecule has 0 aliphatic rings. The second-order valence-electron chi connectivity index (χ2n) is 4.85. The fraction of sp³-hybridized carbons (Fsp3) is 0.200. The average molecular weight is 290 g/mol. The van der Waals surface area contributed by atoms with Crippen LogP contribution in [0, 0.1) is 29.8 Å². The van der Waals surface area contributed by atoms with Crippen molar-refractivity contribution in [3.63, 3.8) is 0 Å². The van der Waals surface area contributed by atoms with Gasteiger partial charge in [0.15, 0.2) is 5.82 Å². The molecule has 0 fully saturated rings. The highest BCUT2D eigenvalue weighted by Gasteiger charge is 2.10. The van der Waals surface area contributed by atoms with Crippen LogP contribution >= 0.6 is 0 Å². The zero-order chi connectivity index (χ0) is 15.6. The lowest BCUT2D eigenvalue weighted by atomic mass is 10.1. The maximum atomic E-state index is 13.7. The lowest BCUT2D eigenvalue weighted by molar-refractivity contribution is -0.385. The number of aryl methyl sites for hydroxylation is 2. The second kappa shape index (κ2) is 5.78. The van der Waals surface area contributed by atoms with Crippen LogP contribution in [0.25, 0.3) is 0 Å². The summed E-state index contributed by atoms with van der Waals surface area (Å²) in [4.78, 5) is 9.91. The van der Waals surface area contributed by atoms with Crippen molar-refractivity contribution in [2.45, 2.75) is 20.4 Å². The molecule has 0 radical (unpaired) electrons. The van der Waals surface area contributed by atoms with Gasteiger partial charge in [0, 0.05) is 12.6 Å². The topological polar surface area (TPSA) is 75.4 Å². The number of benzene rings is 2. The van der Waals surface area contributed by atoms with E-state index in [4.69, 9.17) is 0 Å². The molecule has 0 aromatic heterocycles. The first kappa shape index (κ1) is 14.8. The molecule has 0 spiro atoms. The van der Waals surface area contributed by atoms with Crippen LogP contribution in [0.5, 0.6) is 5.75 Å².